The Morgan fingerprint density at radius 1 is 1.67 bits per heavy atom. The van der Waals surface area contributed by atoms with Gasteiger partial charge in [-0.05, 0) is 0 Å². The van der Waals surface area contributed by atoms with Crippen LogP contribution in [0.3, 0.4) is 0 Å². The summed E-state index contributed by atoms with van der Waals surface area (Å²) in [7, 11) is 0. The molecule has 0 aliphatic rings. The van der Waals surface area contributed by atoms with Crippen LogP contribution in [0.4, 0.5) is 0 Å². The predicted molar refractivity (Wildman–Crippen MR) is 29.0 cm³/mol. The van der Waals surface area contributed by atoms with E-state index in [1.165, 1.54) is 0 Å². The molecule has 0 aromatic rings. The van der Waals surface area contributed by atoms with E-state index >= 15 is 0 Å². The molecule has 0 aromatic heterocycles. The quantitative estimate of drug-likeness (QED) is 0.310. The molecule has 2 amide bonds. The van der Waals surface area contributed by atoms with Crippen LogP contribution in [-0.4, -0.2) is 24.0 Å². The summed E-state index contributed by atoms with van der Waals surface area (Å²) in [6, 6.07) is 0. The number of hydrazine groups is 1. The average Bonchev–Trinajstić information content (AvgIpc) is 1.85. The lowest BCUT2D eigenvalue weighted by Gasteiger charge is -1.98. The van der Waals surface area contributed by atoms with Crippen molar-refractivity contribution in [1.82, 2.24) is 10.9 Å². The Hall–Kier alpha value is -1.10. The van der Waals surface area contributed by atoms with Crippen molar-refractivity contribution in [2.24, 2.45) is 0 Å². The van der Waals surface area contributed by atoms with Gasteiger partial charge in [-0.1, -0.05) is 0 Å². The van der Waals surface area contributed by atoms with Crippen LogP contribution in [0.1, 0.15) is 6.42 Å². The second kappa shape index (κ2) is 5.04. The summed E-state index contributed by atoms with van der Waals surface area (Å²) >= 11 is 0. The first kappa shape index (κ1) is 7.90. The highest BCUT2D eigenvalue weighted by atomic mass is 16.3. The molecule has 0 rings (SSSR count). The Bertz CT molecular complexity index is 104. The summed E-state index contributed by atoms with van der Waals surface area (Å²) < 4.78 is 0. The van der Waals surface area contributed by atoms with E-state index in [9.17, 15) is 9.59 Å². The monoisotopic (exact) mass is 132 g/mol. The summed E-state index contributed by atoms with van der Waals surface area (Å²) in [5, 5.41) is 8.16. The van der Waals surface area contributed by atoms with Gasteiger partial charge in [-0.15, -0.1) is 0 Å². The van der Waals surface area contributed by atoms with E-state index in [0.717, 1.165) is 0 Å². The number of hydrogen-bond donors (Lipinski definition) is 3. The smallest absolute Gasteiger partial charge is 0.240 e. The van der Waals surface area contributed by atoms with Crippen molar-refractivity contribution in [1.29, 1.82) is 0 Å². The molecule has 0 aromatic carbocycles. The van der Waals surface area contributed by atoms with Crippen LogP contribution in [0.5, 0.6) is 0 Å². The molecule has 5 nitrogen and oxygen atoms in total. The molecule has 0 atom stereocenters. The fraction of sp³-hybridized carbons (Fsp3) is 0.500. The highest BCUT2D eigenvalue weighted by Gasteiger charge is 1.94. The Kier molecular flexibility index (Phi) is 4.43. The van der Waals surface area contributed by atoms with Crippen LogP contribution in [0.25, 0.3) is 0 Å². The van der Waals surface area contributed by atoms with Gasteiger partial charge in [0, 0.05) is 0 Å². The highest BCUT2D eigenvalue weighted by Crippen LogP contribution is 1.71. The Labute approximate surface area is 52.0 Å². The fourth-order valence-corrected chi connectivity index (χ4v) is 0.274. The van der Waals surface area contributed by atoms with Gasteiger partial charge >= 0.3 is 0 Å². The van der Waals surface area contributed by atoms with Gasteiger partial charge in [-0.3, -0.25) is 20.4 Å². The van der Waals surface area contributed by atoms with Crippen molar-refractivity contribution in [3.63, 3.8) is 0 Å². The van der Waals surface area contributed by atoms with Gasteiger partial charge in [-0.2, -0.15) is 0 Å². The molecule has 0 spiro atoms. The number of carbonyl (C=O) groups excluding carboxylic acids is 2. The molecule has 3 N–H and O–H groups in total. The third kappa shape index (κ3) is 4.76. The topological polar surface area (TPSA) is 78.4 Å². The molecule has 0 bridgehead atoms. The number of hydrogen-bond acceptors (Lipinski definition) is 3. The van der Waals surface area contributed by atoms with Crippen LogP contribution in [0, 0.1) is 0 Å². The van der Waals surface area contributed by atoms with Gasteiger partial charge in [0.15, 0.2) is 0 Å². The van der Waals surface area contributed by atoms with E-state index in [1.54, 1.807) is 0 Å². The standard InChI is InChI=1S/C4H8N2O3/c7-2-1-4(9)6-5-3-8/h3,7H,1-2H2,(H,5,8)(H,6,9). The first-order valence-electron chi connectivity index (χ1n) is 2.40. The molecule has 0 heterocycles. The van der Waals surface area contributed by atoms with Crippen LogP contribution < -0.4 is 10.9 Å². The zero-order chi connectivity index (χ0) is 7.11. The number of carbonyl (C=O) groups is 2. The molecule has 0 saturated heterocycles. The first-order chi connectivity index (χ1) is 4.31. The van der Waals surface area contributed by atoms with E-state index in [0.29, 0.717) is 6.41 Å². The lowest BCUT2D eigenvalue weighted by molar-refractivity contribution is -0.125. The predicted octanol–water partition coefficient (Wildman–Crippen LogP) is -1.85. The van der Waals surface area contributed by atoms with Crippen LogP contribution in [-0.2, 0) is 9.59 Å². The second-order valence-corrected chi connectivity index (χ2v) is 1.28. The SMILES string of the molecule is O=CNNC(=O)CCO. The van der Waals surface area contributed by atoms with Gasteiger partial charge in [-0.25, -0.2) is 0 Å². The third-order valence-corrected chi connectivity index (χ3v) is 0.609. The van der Waals surface area contributed by atoms with E-state index < -0.39 is 5.91 Å². The van der Waals surface area contributed by atoms with Crippen molar-refractivity contribution in [3.05, 3.63) is 0 Å². The van der Waals surface area contributed by atoms with Gasteiger partial charge in [0.1, 0.15) is 0 Å². The maximum absolute atomic E-state index is 10.3. The Morgan fingerprint density at radius 3 is 2.78 bits per heavy atom. The van der Waals surface area contributed by atoms with E-state index in [4.69, 9.17) is 5.11 Å². The van der Waals surface area contributed by atoms with Crippen molar-refractivity contribution < 1.29 is 14.7 Å². The summed E-state index contributed by atoms with van der Waals surface area (Å²) in [5.74, 6) is -0.412. The Morgan fingerprint density at radius 2 is 2.33 bits per heavy atom. The summed E-state index contributed by atoms with van der Waals surface area (Å²) in [6.07, 6.45) is 0.343. The van der Waals surface area contributed by atoms with E-state index in [2.05, 4.69) is 0 Å². The number of nitrogens with one attached hydrogen (secondary N) is 2. The number of rotatable bonds is 4. The van der Waals surface area contributed by atoms with Crippen LogP contribution in [0.15, 0.2) is 0 Å². The van der Waals surface area contributed by atoms with Gasteiger partial charge in [0.05, 0.1) is 13.0 Å². The van der Waals surface area contributed by atoms with Crippen LogP contribution in [0.2, 0.25) is 0 Å². The van der Waals surface area contributed by atoms with Gasteiger partial charge in [0.2, 0.25) is 12.3 Å². The van der Waals surface area contributed by atoms with Crippen molar-refractivity contribution in [3.8, 4) is 0 Å². The minimum atomic E-state index is -0.412. The summed E-state index contributed by atoms with van der Waals surface area (Å²) in [6.45, 7) is -0.216. The molecule has 0 saturated carbocycles. The molecule has 0 unspecified atom stereocenters. The summed E-state index contributed by atoms with van der Waals surface area (Å²) in [5.41, 5.74) is 3.96. The minimum absolute atomic E-state index is 0.000833. The lowest BCUT2D eigenvalue weighted by atomic mass is 10.4. The molecule has 52 valence electrons. The molecule has 0 aliphatic carbocycles. The molecular formula is C4H8N2O3. The van der Waals surface area contributed by atoms with Crippen molar-refractivity contribution in [2.75, 3.05) is 6.61 Å². The average molecular weight is 132 g/mol. The van der Waals surface area contributed by atoms with E-state index in [1.807, 2.05) is 10.9 Å². The maximum atomic E-state index is 10.3. The molecular weight excluding hydrogens is 124 g/mol. The zero-order valence-electron chi connectivity index (χ0n) is 4.76. The van der Waals surface area contributed by atoms with Gasteiger partial charge < -0.3 is 5.11 Å². The second-order valence-electron chi connectivity index (χ2n) is 1.28. The lowest BCUT2D eigenvalue weighted by Crippen LogP contribution is -2.36. The molecule has 5 heteroatoms. The Balaban J connectivity index is 3.16. The molecule has 9 heavy (non-hydrogen) atoms. The zero-order valence-corrected chi connectivity index (χ0v) is 4.76. The largest absolute Gasteiger partial charge is 0.396 e. The number of aliphatic hydroxyl groups excluding tert-OH is 1. The fourth-order valence-electron chi connectivity index (χ4n) is 0.274. The van der Waals surface area contributed by atoms with Crippen molar-refractivity contribution >= 4 is 12.3 Å². The number of amides is 2. The molecule has 0 radical (unpaired) electrons. The molecule has 0 aliphatic heterocycles. The normalized spacial score (nSPS) is 8.11. The van der Waals surface area contributed by atoms with Crippen molar-refractivity contribution in [2.45, 2.75) is 6.42 Å². The van der Waals surface area contributed by atoms with E-state index in [-0.39, 0.29) is 13.0 Å². The van der Waals surface area contributed by atoms with Gasteiger partial charge in [0.25, 0.3) is 0 Å². The van der Waals surface area contributed by atoms with Crippen LogP contribution >= 0.6 is 0 Å². The third-order valence-electron chi connectivity index (χ3n) is 0.609. The maximum Gasteiger partial charge on any atom is 0.240 e. The highest BCUT2D eigenvalue weighted by molar-refractivity contribution is 5.76. The first-order valence-corrected chi connectivity index (χ1v) is 2.40. The minimum Gasteiger partial charge on any atom is -0.396 e. The number of aliphatic hydroxyl groups is 1. The molecule has 0 fully saturated rings. The summed E-state index contributed by atoms with van der Waals surface area (Å²) in [4.78, 5) is 19.8.